The second kappa shape index (κ2) is 10.8. The quantitative estimate of drug-likeness (QED) is 0.255. The van der Waals surface area contributed by atoms with Crippen LogP contribution in [0, 0.1) is 22.2 Å². The van der Waals surface area contributed by atoms with Crippen molar-refractivity contribution in [2.75, 3.05) is 0 Å². The zero-order valence-corrected chi connectivity index (χ0v) is 23.4. The zero-order chi connectivity index (χ0) is 26.8. The Labute approximate surface area is 212 Å². The Balaban J connectivity index is 2.92. The van der Waals surface area contributed by atoms with Gasteiger partial charge in [0.05, 0.1) is 5.41 Å². The van der Waals surface area contributed by atoms with Crippen molar-refractivity contribution in [1.29, 1.82) is 0 Å². The molecule has 0 aromatic heterocycles. The Morgan fingerprint density at radius 2 is 1.54 bits per heavy atom. The van der Waals surface area contributed by atoms with Crippen LogP contribution < -0.4 is 0 Å². The molecule has 4 heteroatoms. The van der Waals surface area contributed by atoms with Crippen LogP contribution >= 0.6 is 0 Å². The number of Topliss-reactive ketones (excluding diaryl/α,β-unsaturated/α-hetero) is 3. The Bertz CT molecular complexity index is 995. The predicted molar refractivity (Wildman–Crippen MR) is 143 cm³/mol. The summed E-state index contributed by atoms with van der Waals surface area (Å²) in [6, 6.07) is 0. The summed E-state index contributed by atoms with van der Waals surface area (Å²) in [5.41, 5.74) is -0.312. The highest BCUT2D eigenvalue weighted by atomic mass is 16.3. The van der Waals surface area contributed by atoms with Crippen molar-refractivity contribution >= 4 is 17.3 Å². The molecule has 0 amide bonds. The minimum Gasteiger partial charge on any atom is -0.511 e. The summed E-state index contributed by atoms with van der Waals surface area (Å²) >= 11 is 0. The molecule has 0 aromatic rings. The summed E-state index contributed by atoms with van der Waals surface area (Å²) in [5.74, 6) is -1.63. The van der Waals surface area contributed by atoms with Crippen molar-refractivity contribution < 1.29 is 19.5 Å². The van der Waals surface area contributed by atoms with E-state index in [9.17, 15) is 19.5 Å². The van der Waals surface area contributed by atoms with Gasteiger partial charge in [-0.05, 0) is 91.9 Å². The minimum atomic E-state index is -1.76. The van der Waals surface area contributed by atoms with Gasteiger partial charge in [-0.15, -0.1) is 0 Å². The van der Waals surface area contributed by atoms with Gasteiger partial charge in [0, 0.05) is 11.5 Å². The van der Waals surface area contributed by atoms with Gasteiger partial charge in [0.2, 0.25) is 0 Å². The van der Waals surface area contributed by atoms with Gasteiger partial charge in [-0.25, -0.2) is 0 Å². The van der Waals surface area contributed by atoms with E-state index in [0.29, 0.717) is 38.5 Å². The van der Waals surface area contributed by atoms with Gasteiger partial charge >= 0.3 is 0 Å². The molecule has 0 heterocycles. The lowest BCUT2D eigenvalue weighted by Crippen LogP contribution is -2.68. The van der Waals surface area contributed by atoms with E-state index < -0.39 is 27.9 Å². The van der Waals surface area contributed by atoms with Crippen LogP contribution in [0.1, 0.15) is 107 Å². The second-order valence-electron chi connectivity index (χ2n) is 11.8. The maximum Gasteiger partial charge on any atom is 0.184 e. The maximum atomic E-state index is 14.6. The van der Waals surface area contributed by atoms with Gasteiger partial charge in [0.1, 0.15) is 5.76 Å². The van der Waals surface area contributed by atoms with E-state index in [1.165, 1.54) is 5.57 Å². The third-order valence-corrected chi connectivity index (χ3v) is 8.39. The van der Waals surface area contributed by atoms with Gasteiger partial charge in [-0.2, -0.15) is 0 Å². The van der Waals surface area contributed by atoms with E-state index in [4.69, 9.17) is 0 Å². The lowest BCUT2D eigenvalue weighted by molar-refractivity contribution is -0.173. The number of aliphatic hydroxyl groups is 1. The summed E-state index contributed by atoms with van der Waals surface area (Å²) in [6.45, 7) is 17.6. The van der Waals surface area contributed by atoms with Crippen LogP contribution in [0.5, 0.6) is 0 Å². The smallest absolute Gasteiger partial charge is 0.184 e. The molecule has 1 unspecified atom stereocenters. The molecule has 2 aliphatic carbocycles. The van der Waals surface area contributed by atoms with E-state index in [1.54, 1.807) is 0 Å². The first-order valence-electron chi connectivity index (χ1n) is 13.2. The van der Waals surface area contributed by atoms with Crippen LogP contribution in [-0.4, -0.2) is 22.5 Å². The summed E-state index contributed by atoms with van der Waals surface area (Å²) in [5, 5.41) is 11.6. The number of rotatable bonds is 10. The van der Waals surface area contributed by atoms with Gasteiger partial charge in [0.15, 0.2) is 22.8 Å². The highest BCUT2D eigenvalue weighted by Gasteiger charge is 2.73. The van der Waals surface area contributed by atoms with Crippen molar-refractivity contribution in [2.24, 2.45) is 22.2 Å². The molecule has 1 fully saturated rings. The van der Waals surface area contributed by atoms with Gasteiger partial charge in [0.25, 0.3) is 0 Å². The third kappa shape index (κ3) is 4.90. The Kier molecular flexibility index (Phi) is 8.95. The van der Waals surface area contributed by atoms with E-state index >= 15 is 0 Å². The van der Waals surface area contributed by atoms with Gasteiger partial charge in [-0.1, -0.05) is 55.7 Å². The fourth-order valence-electron chi connectivity index (χ4n) is 5.88. The van der Waals surface area contributed by atoms with Crippen molar-refractivity contribution in [2.45, 2.75) is 107 Å². The molecule has 1 saturated carbocycles. The lowest BCUT2D eigenvalue weighted by Gasteiger charge is -2.57. The first-order valence-corrected chi connectivity index (χ1v) is 13.2. The molecule has 4 atom stereocenters. The first kappa shape index (κ1) is 29.0. The summed E-state index contributed by atoms with van der Waals surface area (Å²) in [7, 11) is 0. The highest BCUT2D eigenvalue weighted by molar-refractivity contribution is 6.33. The van der Waals surface area contributed by atoms with E-state index in [0.717, 1.165) is 11.1 Å². The van der Waals surface area contributed by atoms with Crippen LogP contribution in [0.4, 0.5) is 0 Å². The molecule has 2 bridgehead atoms. The zero-order valence-electron chi connectivity index (χ0n) is 23.4. The number of carbonyl (C=O) groups is 3. The lowest BCUT2D eigenvalue weighted by atomic mass is 9.41. The molecule has 0 radical (unpaired) electrons. The fourth-order valence-corrected chi connectivity index (χ4v) is 5.88. The number of allylic oxidation sites excluding steroid dienone is 8. The van der Waals surface area contributed by atoms with Gasteiger partial charge < -0.3 is 5.11 Å². The average Bonchev–Trinajstić information content (AvgIpc) is 2.77. The Hall–Kier alpha value is -2.23. The summed E-state index contributed by atoms with van der Waals surface area (Å²) in [4.78, 5) is 43.3. The number of hydrogen-bond donors (Lipinski definition) is 1. The molecule has 0 aromatic carbocycles. The Morgan fingerprint density at radius 3 is 2.06 bits per heavy atom. The number of hydrogen-bond acceptors (Lipinski definition) is 4. The average molecular weight is 483 g/mol. The Morgan fingerprint density at radius 1 is 0.971 bits per heavy atom. The molecule has 35 heavy (non-hydrogen) atoms. The molecule has 194 valence electrons. The molecule has 0 saturated heterocycles. The SMILES string of the molecule is CCC(C)C(=O)[C@@]12C(=O)C(CC=C(C)C)=C(O)[C@](CC=C(C)C)(CC[C@]1(C)CCC=C(C)C)C2=O. The number of fused-ring (bicyclic) bond motifs is 2. The molecular formula is C31H46O4. The molecule has 0 aliphatic heterocycles. The largest absolute Gasteiger partial charge is 0.511 e. The minimum absolute atomic E-state index is 0.110. The second-order valence-corrected chi connectivity index (χ2v) is 11.8. The molecule has 2 rings (SSSR count). The van der Waals surface area contributed by atoms with Crippen LogP contribution in [0.15, 0.2) is 46.3 Å². The van der Waals surface area contributed by atoms with Crippen molar-refractivity contribution in [3.05, 3.63) is 46.3 Å². The van der Waals surface area contributed by atoms with Gasteiger partial charge in [-0.3, -0.25) is 14.4 Å². The van der Waals surface area contributed by atoms with Crippen LogP contribution in [0.25, 0.3) is 0 Å². The van der Waals surface area contributed by atoms with Crippen molar-refractivity contribution in [1.82, 2.24) is 0 Å². The number of ketones is 3. The summed E-state index contributed by atoms with van der Waals surface area (Å²) in [6.07, 6.45) is 9.36. The van der Waals surface area contributed by atoms with Crippen LogP contribution in [-0.2, 0) is 14.4 Å². The molecule has 2 aliphatic rings. The summed E-state index contributed by atoms with van der Waals surface area (Å²) < 4.78 is 0. The van der Waals surface area contributed by atoms with Crippen molar-refractivity contribution in [3.63, 3.8) is 0 Å². The topological polar surface area (TPSA) is 71.4 Å². The highest BCUT2D eigenvalue weighted by Crippen LogP contribution is 2.64. The first-order chi connectivity index (χ1) is 16.2. The van der Waals surface area contributed by atoms with E-state index in [-0.39, 0.29) is 29.3 Å². The third-order valence-electron chi connectivity index (χ3n) is 8.39. The van der Waals surface area contributed by atoms with Crippen LogP contribution in [0.3, 0.4) is 0 Å². The van der Waals surface area contributed by atoms with E-state index in [2.05, 4.69) is 6.08 Å². The molecular weight excluding hydrogens is 436 g/mol. The van der Waals surface area contributed by atoms with E-state index in [1.807, 2.05) is 74.5 Å². The predicted octanol–water partition coefficient (Wildman–Crippen LogP) is 7.80. The molecule has 4 nitrogen and oxygen atoms in total. The van der Waals surface area contributed by atoms with Crippen molar-refractivity contribution in [3.8, 4) is 0 Å². The van der Waals surface area contributed by atoms with Crippen LogP contribution in [0.2, 0.25) is 0 Å². The normalized spacial score (nSPS) is 28.9. The maximum absolute atomic E-state index is 14.6. The molecule has 1 N–H and O–H groups in total. The number of carbonyl (C=O) groups excluding carboxylic acids is 3. The molecule has 0 spiro atoms. The fraction of sp³-hybridized carbons (Fsp3) is 0.645. The monoisotopic (exact) mass is 482 g/mol. The number of aliphatic hydroxyl groups excluding tert-OH is 1. The standard InChI is InChI=1S/C31H46O4/c1-10-23(8)25(32)31-27(34)24(14-13-21(4)5)26(33)30(28(31)35,17-15-22(6)7)19-18-29(31,9)16-11-12-20(2)3/h12-13,15,23,33H,10-11,14,16-19H2,1-9H3/t23?,29-,30-,31-/m0/s1.